The predicted molar refractivity (Wildman–Crippen MR) is 145 cm³/mol. The van der Waals surface area contributed by atoms with Gasteiger partial charge in [-0.25, -0.2) is 8.42 Å². The number of para-hydroxylation sites is 2. The minimum Gasteiger partial charge on any atom is -0.495 e. The van der Waals surface area contributed by atoms with Gasteiger partial charge < -0.3 is 9.47 Å². The third kappa shape index (κ3) is 6.65. The largest absolute Gasteiger partial charge is 0.495 e. The number of hydrogen-bond acceptors (Lipinski definition) is 8. The summed E-state index contributed by atoms with van der Waals surface area (Å²) in [5, 5.41) is 15.7. The summed E-state index contributed by atoms with van der Waals surface area (Å²) < 4.78 is 39.0. The van der Waals surface area contributed by atoms with Crippen LogP contribution in [0.4, 0.5) is 17.1 Å². The van der Waals surface area contributed by atoms with Crippen LogP contribution in [0.25, 0.3) is 0 Å². The van der Waals surface area contributed by atoms with Crippen molar-refractivity contribution in [2.24, 2.45) is 5.10 Å². The van der Waals surface area contributed by atoms with Gasteiger partial charge in [0.25, 0.3) is 15.7 Å². The molecule has 0 aliphatic heterocycles. The van der Waals surface area contributed by atoms with Gasteiger partial charge >= 0.3 is 0 Å². The van der Waals surface area contributed by atoms with Crippen molar-refractivity contribution in [2.75, 3.05) is 17.3 Å². The molecule has 0 unspecified atom stereocenters. The van der Waals surface area contributed by atoms with Gasteiger partial charge in [0.15, 0.2) is 0 Å². The second kappa shape index (κ2) is 11.9. The Morgan fingerprint density at radius 3 is 2.34 bits per heavy atom. The highest BCUT2D eigenvalue weighted by Gasteiger charge is 2.22. The van der Waals surface area contributed by atoms with Crippen LogP contribution in [0.5, 0.6) is 11.5 Å². The van der Waals surface area contributed by atoms with E-state index in [0.29, 0.717) is 18.1 Å². The molecule has 0 aliphatic carbocycles. The van der Waals surface area contributed by atoms with E-state index < -0.39 is 20.6 Å². The quantitative estimate of drug-likeness (QED) is 0.150. The molecule has 0 saturated heterocycles. The number of benzene rings is 4. The van der Waals surface area contributed by atoms with E-state index in [1.165, 1.54) is 31.5 Å². The van der Waals surface area contributed by atoms with Crippen LogP contribution in [0, 0.1) is 10.1 Å². The molecule has 10 nitrogen and oxygen atoms in total. The molecule has 0 aromatic heterocycles. The van der Waals surface area contributed by atoms with Gasteiger partial charge in [0.1, 0.15) is 23.8 Å². The fourth-order valence-electron chi connectivity index (χ4n) is 3.42. The maximum atomic E-state index is 12.9. The van der Waals surface area contributed by atoms with Crippen molar-refractivity contribution in [3.8, 4) is 11.5 Å². The molecule has 0 radical (unpaired) electrons. The minimum absolute atomic E-state index is 0.0327. The van der Waals surface area contributed by atoms with Crippen molar-refractivity contribution in [3.63, 3.8) is 0 Å². The Bertz CT molecular complexity index is 1540. The zero-order chi connectivity index (χ0) is 27.0. The number of methoxy groups -OCH3 is 1. The number of nitrogens with one attached hydrogen (secondary N) is 2. The van der Waals surface area contributed by atoms with Gasteiger partial charge in [-0.15, -0.1) is 0 Å². The topological polar surface area (TPSA) is 132 Å². The SMILES string of the molecule is COc1ccccc1NS(=O)(=O)c1ccc(NN=Cc2ccc(OCc3ccccc3)cc2)c([N+](=O)[O-])c1. The highest BCUT2D eigenvalue weighted by atomic mass is 32.2. The standard InChI is InChI=1S/C27H24N4O6S/c1-36-27-10-6-5-9-25(27)30-38(34,35)23-15-16-24(26(17-23)31(32)33)29-28-18-20-11-13-22(14-12-20)37-19-21-7-3-2-4-8-21/h2-18,29-30H,19H2,1H3. The predicted octanol–water partition coefficient (Wildman–Crippen LogP) is 5.43. The van der Waals surface area contributed by atoms with Crippen molar-refractivity contribution in [2.45, 2.75) is 11.5 Å². The first-order chi connectivity index (χ1) is 18.4. The Morgan fingerprint density at radius 1 is 0.921 bits per heavy atom. The van der Waals surface area contributed by atoms with Gasteiger partial charge in [0.05, 0.1) is 28.8 Å². The lowest BCUT2D eigenvalue weighted by atomic mass is 10.2. The monoisotopic (exact) mass is 532 g/mol. The van der Waals surface area contributed by atoms with E-state index >= 15 is 0 Å². The molecule has 11 heteroatoms. The zero-order valence-corrected chi connectivity index (χ0v) is 21.1. The Hall–Kier alpha value is -4.90. The van der Waals surface area contributed by atoms with Gasteiger partial charge in [-0.2, -0.15) is 5.10 Å². The second-order valence-corrected chi connectivity index (χ2v) is 9.64. The van der Waals surface area contributed by atoms with Crippen molar-refractivity contribution >= 4 is 33.3 Å². The fraction of sp³-hybridized carbons (Fsp3) is 0.0741. The van der Waals surface area contributed by atoms with Gasteiger partial charge in [0.2, 0.25) is 0 Å². The summed E-state index contributed by atoms with van der Waals surface area (Å²) in [5.74, 6) is 1.00. The van der Waals surface area contributed by atoms with E-state index in [4.69, 9.17) is 9.47 Å². The van der Waals surface area contributed by atoms with Crippen LogP contribution < -0.4 is 19.6 Å². The maximum Gasteiger partial charge on any atom is 0.295 e. The summed E-state index contributed by atoms with van der Waals surface area (Å²) in [4.78, 5) is 10.7. The first-order valence-electron chi connectivity index (χ1n) is 11.4. The number of ether oxygens (including phenoxy) is 2. The van der Waals surface area contributed by atoms with Gasteiger partial charge in [0, 0.05) is 6.07 Å². The molecule has 4 aromatic carbocycles. The van der Waals surface area contributed by atoms with Crippen molar-refractivity contribution < 1.29 is 22.8 Å². The number of hydrogen-bond donors (Lipinski definition) is 2. The Labute approximate surface area is 219 Å². The molecule has 4 rings (SSSR count). The number of rotatable bonds is 11. The lowest BCUT2D eigenvalue weighted by Gasteiger charge is -2.12. The zero-order valence-electron chi connectivity index (χ0n) is 20.3. The van der Waals surface area contributed by atoms with Crippen LogP contribution in [0.15, 0.2) is 107 Å². The molecule has 0 aliphatic rings. The summed E-state index contributed by atoms with van der Waals surface area (Å²) in [5.41, 5.74) is 4.19. The average molecular weight is 533 g/mol. The van der Waals surface area contributed by atoms with Gasteiger partial charge in [-0.3, -0.25) is 20.3 Å². The molecular formula is C27H24N4O6S. The average Bonchev–Trinajstić information content (AvgIpc) is 2.93. The summed E-state index contributed by atoms with van der Waals surface area (Å²) in [6, 6.07) is 26.9. The van der Waals surface area contributed by atoms with Crippen LogP contribution in [0.3, 0.4) is 0 Å². The van der Waals surface area contributed by atoms with Crippen molar-refractivity contribution in [3.05, 3.63) is 118 Å². The molecule has 0 atom stereocenters. The summed E-state index contributed by atoms with van der Waals surface area (Å²) in [7, 11) is -2.71. The van der Waals surface area contributed by atoms with Crippen molar-refractivity contribution in [1.82, 2.24) is 0 Å². The van der Waals surface area contributed by atoms with Crippen molar-refractivity contribution in [1.29, 1.82) is 0 Å². The number of anilines is 2. The molecule has 0 spiro atoms. The smallest absolute Gasteiger partial charge is 0.295 e. The van der Waals surface area contributed by atoms with E-state index in [2.05, 4.69) is 15.2 Å². The molecule has 0 amide bonds. The minimum atomic E-state index is -4.12. The lowest BCUT2D eigenvalue weighted by Crippen LogP contribution is -2.14. The highest BCUT2D eigenvalue weighted by molar-refractivity contribution is 7.92. The van der Waals surface area contributed by atoms with Crippen LogP contribution in [0.2, 0.25) is 0 Å². The van der Waals surface area contributed by atoms with E-state index in [-0.39, 0.29) is 16.3 Å². The Morgan fingerprint density at radius 2 is 1.63 bits per heavy atom. The molecular weight excluding hydrogens is 508 g/mol. The molecule has 0 heterocycles. The van der Waals surface area contributed by atoms with E-state index in [9.17, 15) is 18.5 Å². The fourth-order valence-corrected chi connectivity index (χ4v) is 4.51. The van der Waals surface area contributed by atoms with E-state index in [1.807, 2.05) is 30.3 Å². The number of sulfonamides is 1. The Balaban J connectivity index is 1.43. The van der Waals surface area contributed by atoms with Crippen LogP contribution in [0.1, 0.15) is 11.1 Å². The molecule has 38 heavy (non-hydrogen) atoms. The first kappa shape index (κ1) is 26.2. The third-order valence-corrected chi connectivity index (χ3v) is 6.72. The molecule has 4 aromatic rings. The molecule has 0 fully saturated rings. The summed E-state index contributed by atoms with van der Waals surface area (Å²) in [6.07, 6.45) is 1.48. The third-order valence-electron chi connectivity index (χ3n) is 5.35. The number of nitrogens with zero attached hydrogens (tertiary/aromatic N) is 2. The molecule has 2 N–H and O–H groups in total. The van der Waals surface area contributed by atoms with Gasteiger partial charge in [-0.05, 0) is 59.7 Å². The maximum absolute atomic E-state index is 12.9. The number of nitro benzene ring substituents is 1. The van der Waals surface area contributed by atoms with E-state index in [1.54, 1.807) is 42.5 Å². The normalized spacial score (nSPS) is 11.2. The summed E-state index contributed by atoms with van der Waals surface area (Å²) in [6.45, 7) is 0.444. The first-order valence-corrected chi connectivity index (χ1v) is 12.8. The second-order valence-electron chi connectivity index (χ2n) is 7.96. The molecule has 0 bridgehead atoms. The Kier molecular flexibility index (Phi) is 8.19. The number of hydrazone groups is 1. The van der Waals surface area contributed by atoms with Crippen LogP contribution in [-0.2, 0) is 16.6 Å². The lowest BCUT2D eigenvalue weighted by molar-refractivity contribution is -0.384. The molecule has 0 saturated carbocycles. The molecule has 194 valence electrons. The van der Waals surface area contributed by atoms with Crippen LogP contribution >= 0.6 is 0 Å². The highest BCUT2D eigenvalue weighted by Crippen LogP contribution is 2.30. The van der Waals surface area contributed by atoms with Crippen LogP contribution in [-0.4, -0.2) is 26.7 Å². The van der Waals surface area contributed by atoms with E-state index in [0.717, 1.165) is 17.2 Å². The number of nitro groups is 1. The summed E-state index contributed by atoms with van der Waals surface area (Å²) >= 11 is 0. The van der Waals surface area contributed by atoms with Gasteiger partial charge in [-0.1, -0.05) is 42.5 Å².